The first kappa shape index (κ1) is 11.2. The minimum Gasteiger partial charge on any atom is -0.451 e. The average molecular weight is 283 g/mol. The third kappa shape index (κ3) is 1.96. The summed E-state index contributed by atoms with van der Waals surface area (Å²) in [6.07, 6.45) is 0.721. The average Bonchev–Trinajstić information content (AvgIpc) is 2.64. The van der Waals surface area contributed by atoms with Gasteiger partial charge in [0.15, 0.2) is 4.67 Å². The summed E-state index contributed by atoms with van der Waals surface area (Å²) in [7, 11) is 0. The summed E-state index contributed by atoms with van der Waals surface area (Å²) in [5.41, 5.74) is 7.21. The summed E-state index contributed by atoms with van der Waals surface area (Å²) in [5.74, 6) is 0.759. The molecule has 0 saturated heterocycles. The summed E-state index contributed by atoms with van der Waals surface area (Å²) >= 11 is 3.19. The van der Waals surface area contributed by atoms with Crippen LogP contribution in [0.15, 0.2) is 33.5 Å². The second kappa shape index (κ2) is 4.27. The van der Waals surface area contributed by atoms with Gasteiger partial charge >= 0.3 is 0 Å². The molecule has 0 aliphatic carbocycles. The van der Waals surface area contributed by atoms with Crippen molar-refractivity contribution in [2.75, 3.05) is 5.73 Å². The Morgan fingerprint density at radius 1 is 1.44 bits per heavy atom. The minimum absolute atomic E-state index is 0.319. The molecule has 5 heteroatoms. The zero-order chi connectivity index (χ0) is 11.7. The summed E-state index contributed by atoms with van der Waals surface area (Å²) in [5, 5.41) is 10.1. The maximum atomic E-state index is 10.1. The lowest BCUT2D eigenvalue weighted by molar-refractivity contribution is 0.187. The van der Waals surface area contributed by atoms with E-state index in [1.165, 1.54) is 0 Å². The van der Waals surface area contributed by atoms with Gasteiger partial charge in [0, 0.05) is 11.8 Å². The molecule has 1 unspecified atom stereocenters. The van der Waals surface area contributed by atoms with Crippen LogP contribution in [0.3, 0.4) is 0 Å². The SMILES string of the molecule is Cc1ccnc(N)c1C(O)c1ccc(Br)o1. The monoisotopic (exact) mass is 282 g/mol. The molecule has 2 heterocycles. The fraction of sp³-hybridized carbons (Fsp3) is 0.182. The van der Waals surface area contributed by atoms with Gasteiger partial charge in [0.25, 0.3) is 0 Å². The lowest BCUT2D eigenvalue weighted by Gasteiger charge is -2.12. The second-order valence-corrected chi connectivity index (χ2v) is 4.25. The number of hydrogen-bond acceptors (Lipinski definition) is 4. The third-order valence-corrected chi connectivity index (χ3v) is 2.80. The van der Waals surface area contributed by atoms with Gasteiger partial charge in [-0.25, -0.2) is 4.98 Å². The highest BCUT2D eigenvalue weighted by Gasteiger charge is 2.19. The molecule has 0 aliphatic heterocycles. The van der Waals surface area contributed by atoms with Crippen molar-refractivity contribution in [3.8, 4) is 0 Å². The number of nitrogens with two attached hydrogens (primary N) is 1. The molecular formula is C11H11BrN2O2. The molecular weight excluding hydrogens is 272 g/mol. The lowest BCUT2D eigenvalue weighted by Crippen LogP contribution is -2.06. The van der Waals surface area contributed by atoms with Crippen molar-refractivity contribution >= 4 is 21.7 Å². The van der Waals surface area contributed by atoms with Gasteiger partial charge in [0.1, 0.15) is 17.7 Å². The molecule has 0 aliphatic rings. The van der Waals surface area contributed by atoms with Gasteiger partial charge in [0.2, 0.25) is 0 Å². The number of nitrogen functional groups attached to an aromatic ring is 1. The van der Waals surface area contributed by atoms with Gasteiger partial charge < -0.3 is 15.3 Å². The molecule has 1 atom stereocenters. The van der Waals surface area contributed by atoms with E-state index in [-0.39, 0.29) is 0 Å². The van der Waals surface area contributed by atoms with Gasteiger partial charge in [0.05, 0.1) is 0 Å². The predicted molar refractivity (Wildman–Crippen MR) is 63.9 cm³/mol. The number of halogens is 1. The van der Waals surface area contributed by atoms with Crippen molar-refractivity contribution in [3.05, 3.63) is 46.0 Å². The molecule has 2 aromatic heterocycles. The highest BCUT2D eigenvalue weighted by atomic mass is 79.9. The molecule has 0 spiro atoms. The summed E-state index contributed by atoms with van der Waals surface area (Å²) in [6.45, 7) is 1.87. The van der Waals surface area contributed by atoms with Crippen LogP contribution in [0.2, 0.25) is 0 Å². The van der Waals surface area contributed by atoms with Crippen LogP contribution in [0.5, 0.6) is 0 Å². The van der Waals surface area contributed by atoms with E-state index in [2.05, 4.69) is 20.9 Å². The van der Waals surface area contributed by atoms with Gasteiger partial charge in [-0.15, -0.1) is 0 Å². The normalized spacial score (nSPS) is 12.7. The van der Waals surface area contributed by atoms with Crippen molar-refractivity contribution < 1.29 is 9.52 Å². The van der Waals surface area contributed by atoms with Crippen LogP contribution in [0, 0.1) is 6.92 Å². The van der Waals surface area contributed by atoms with E-state index < -0.39 is 6.10 Å². The van der Waals surface area contributed by atoms with Crippen LogP contribution in [-0.4, -0.2) is 10.1 Å². The smallest absolute Gasteiger partial charge is 0.169 e. The third-order valence-electron chi connectivity index (χ3n) is 2.38. The van der Waals surface area contributed by atoms with Crippen molar-refractivity contribution in [2.45, 2.75) is 13.0 Å². The van der Waals surface area contributed by atoms with E-state index in [1.807, 2.05) is 6.92 Å². The highest BCUT2D eigenvalue weighted by molar-refractivity contribution is 9.10. The standard InChI is InChI=1S/C11H11BrN2O2/c1-6-4-5-14-11(13)9(6)10(15)7-2-3-8(12)16-7/h2-5,10,15H,1H3,(H2,13,14). The Morgan fingerprint density at radius 2 is 2.19 bits per heavy atom. The molecule has 3 N–H and O–H groups in total. The second-order valence-electron chi connectivity index (χ2n) is 3.47. The fourth-order valence-electron chi connectivity index (χ4n) is 1.56. The van der Waals surface area contributed by atoms with E-state index in [4.69, 9.17) is 10.2 Å². The summed E-state index contributed by atoms with van der Waals surface area (Å²) in [6, 6.07) is 5.22. The zero-order valence-corrected chi connectivity index (χ0v) is 10.2. The zero-order valence-electron chi connectivity index (χ0n) is 8.64. The molecule has 0 aromatic carbocycles. The Bertz CT molecular complexity index is 490. The van der Waals surface area contributed by atoms with E-state index in [1.54, 1.807) is 24.4 Å². The van der Waals surface area contributed by atoms with E-state index in [9.17, 15) is 5.11 Å². The number of nitrogens with zero attached hydrogens (tertiary/aromatic N) is 1. The number of furan rings is 1. The summed E-state index contributed by atoms with van der Waals surface area (Å²) < 4.78 is 5.86. The highest BCUT2D eigenvalue weighted by Crippen LogP contribution is 2.30. The first-order chi connectivity index (χ1) is 7.59. The number of pyridine rings is 1. The Hall–Kier alpha value is -1.33. The summed E-state index contributed by atoms with van der Waals surface area (Å²) in [4.78, 5) is 3.96. The molecule has 0 saturated carbocycles. The fourth-order valence-corrected chi connectivity index (χ4v) is 1.88. The van der Waals surface area contributed by atoms with Crippen molar-refractivity contribution in [1.29, 1.82) is 0 Å². The predicted octanol–water partition coefficient (Wildman–Crippen LogP) is 2.41. The van der Waals surface area contributed by atoms with E-state index in [0.717, 1.165) is 5.56 Å². The maximum Gasteiger partial charge on any atom is 0.169 e. The van der Waals surface area contributed by atoms with Gasteiger partial charge in [-0.1, -0.05) is 0 Å². The van der Waals surface area contributed by atoms with Crippen LogP contribution in [0.4, 0.5) is 5.82 Å². The van der Waals surface area contributed by atoms with Crippen LogP contribution >= 0.6 is 15.9 Å². The molecule has 16 heavy (non-hydrogen) atoms. The molecule has 0 radical (unpaired) electrons. The minimum atomic E-state index is -0.889. The number of aromatic nitrogens is 1. The van der Waals surface area contributed by atoms with Crippen LogP contribution in [-0.2, 0) is 0 Å². The van der Waals surface area contributed by atoms with Crippen molar-refractivity contribution in [2.24, 2.45) is 0 Å². The Balaban J connectivity index is 2.45. The van der Waals surface area contributed by atoms with Crippen molar-refractivity contribution in [1.82, 2.24) is 4.98 Å². The topological polar surface area (TPSA) is 72.3 Å². The van der Waals surface area contributed by atoms with Gasteiger partial charge in [-0.05, 0) is 46.6 Å². The maximum absolute atomic E-state index is 10.1. The number of aliphatic hydroxyl groups excluding tert-OH is 1. The van der Waals surface area contributed by atoms with Crippen molar-refractivity contribution in [3.63, 3.8) is 0 Å². The Kier molecular flexibility index (Phi) is 2.98. The Morgan fingerprint density at radius 3 is 2.75 bits per heavy atom. The molecule has 84 valence electrons. The molecule has 0 bridgehead atoms. The molecule has 4 nitrogen and oxygen atoms in total. The van der Waals surface area contributed by atoms with Crippen LogP contribution in [0.25, 0.3) is 0 Å². The van der Waals surface area contributed by atoms with Crippen LogP contribution < -0.4 is 5.73 Å². The molecule has 0 amide bonds. The van der Waals surface area contributed by atoms with Gasteiger partial charge in [-0.2, -0.15) is 0 Å². The van der Waals surface area contributed by atoms with Gasteiger partial charge in [-0.3, -0.25) is 0 Å². The first-order valence-electron chi connectivity index (χ1n) is 4.74. The van der Waals surface area contributed by atoms with E-state index in [0.29, 0.717) is 21.8 Å². The largest absolute Gasteiger partial charge is 0.451 e. The van der Waals surface area contributed by atoms with E-state index >= 15 is 0 Å². The Labute approximate surface area is 101 Å². The number of hydrogen-bond donors (Lipinski definition) is 2. The molecule has 0 fully saturated rings. The quantitative estimate of drug-likeness (QED) is 0.887. The first-order valence-corrected chi connectivity index (χ1v) is 5.53. The number of anilines is 1. The number of aliphatic hydroxyl groups is 1. The number of rotatable bonds is 2. The lowest BCUT2D eigenvalue weighted by atomic mass is 10.0. The number of aryl methyl sites for hydroxylation is 1. The molecule has 2 rings (SSSR count). The van der Waals surface area contributed by atoms with Crippen LogP contribution in [0.1, 0.15) is 23.0 Å². The molecule has 2 aromatic rings.